The van der Waals surface area contributed by atoms with E-state index in [0.717, 1.165) is 76.9 Å². The zero-order valence-electron chi connectivity index (χ0n) is 58.2. The number of amides is 1. The topological polar surface area (TPSA) is 411 Å². The van der Waals surface area contributed by atoms with E-state index in [1.165, 1.54) is 90.8 Å². The second-order valence-corrected chi connectivity index (χ2v) is 45.9. The third-order valence-corrected chi connectivity index (χ3v) is 40.8. The number of carbonyl (C=O) groups excluding carboxylic acids is 2. The number of H-pyrrole nitrogens is 1. The number of methoxy groups -OCH3 is 1. The first-order chi connectivity index (χ1) is 53.1. The van der Waals surface area contributed by atoms with Crippen LogP contribution >= 0.6 is 27.7 Å². The van der Waals surface area contributed by atoms with E-state index >= 15 is 0 Å². The fourth-order valence-corrected chi connectivity index (χ4v) is 36.9. The first-order valence-electron chi connectivity index (χ1n) is 27.5. The van der Waals surface area contributed by atoms with Crippen LogP contribution in [-0.2, 0) is 212 Å². The van der Waals surface area contributed by atoms with Gasteiger partial charge >= 0.3 is 146 Å². The van der Waals surface area contributed by atoms with Crippen LogP contribution in [0, 0.1) is 17.2 Å². The molecule has 0 bridgehead atoms. The number of halogens is 13. The standard InChI is InChI=1S/C16H11F3N6O.C12H10F3N3OS.C9H6F3N3O.C8H7F3N2O.C6H9N3O.CBrN.CH2O3.2K.S10.S9.H/c1-8-12-11(6-7-20-8)21-14(22-12)23-15-25-24-13(26-15)9-2-4-10(5-3-9)16(17,18)19;1-7(20-2)16-11-18-17-10(19-11)8-3-5-9(6-4-8)12(13,14)15;10-9(11,12)6-3-1-5(2-4-6)7-14-15-8(13)16-7;9-8(10,11)6-3-1-5(2-4-6)7(14)13-12;1-10-6-5(8)4(7)2-3-9-6;2-1-3;2-1-4-3;;;1-3-5-7-9-10-8-6-4-2;1-3-5-7-9-8-6-4-2;/h2-7H,1H3,(H2,21,22,23,25);3-6H,1-2H3;1-4H,(H2,13,15);1-4H,12H2,(H,13,14);2-3H,8H2,1H3,(H2,7,9);;1,3H;;;;;/q;;;;;;;2*+1;;;-1/p-1. The Balaban J connectivity index is 0. The number of carbonyl (C=O) groups is 2. The number of rotatable bonds is 9. The first-order valence-corrected chi connectivity index (χ1v) is 52.2. The van der Waals surface area contributed by atoms with Crippen molar-refractivity contribution in [3.05, 3.63) is 155 Å². The third-order valence-electron chi connectivity index (χ3n) is 11.2. The Kier molecular flexibility index (Phi) is 59.1. The molecule has 4 aromatic carbocycles. The number of hydrogen-bond donors (Lipinski definition) is 7. The molecule has 0 atom stereocenters. The molecule has 1 amide bonds. The van der Waals surface area contributed by atoms with Gasteiger partial charge in [0.2, 0.25) is 29.5 Å². The van der Waals surface area contributed by atoms with Crippen LogP contribution in [0.15, 0.2) is 140 Å². The molecule has 0 aliphatic rings. The van der Waals surface area contributed by atoms with Crippen LogP contribution in [0.2, 0.25) is 0 Å². The van der Waals surface area contributed by atoms with E-state index in [9.17, 15) is 57.5 Å². The van der Waals surface area contributed by atoms with Gasteiger partial charge in [0, 0.05) is 229 Å². The summed E-state index contributed by atoms with van der Waals surface area (Å²) in [6, 6.07) is 20.5. The number of anilines is 5. The zero-order chi connectivity index (χ0) is 83.9. The Morgan fingerprint density at radius 2 is 0.991 bits per heavy atom. The molecule has 10 aromatic rings. The van der Waals surface area contributed by atoms with E-state index in [-0.39, 0.29) is 152 Å². The Bertz CT molecular complexity index is 5440. The number of aliphatic imine (C=N–C) groups is 1. The minimum atomic E-state index is -4.39. The van der Waals surface area contributed by atoms with E-state index in [4.69, 9.17) is 56.3 Å². The molecule has 0 aliphatic carbocycles. The third kappa shape index (κ3) is 44.7. The summed E-state index contributed by atoms with van der Waals surface area (Å²) in [5, 5.41) is 41.3. The van der Waals surface area contributed by atoms with Crippen molar-refractivity contribution in [2.24, 2.45) is 10.8 Å². The number of imidazole rings is 1. The number of aromatic amines is 1. The van der Waals surface area contributed by atoms with Gasteiger partial charge in [0.25, 0.3) is 12.4 Å². The van der Waals surface area contributed by atoms with Gasteiger partial charge in [0.05, 0.1) is 51.3 Å². The molecule has 10 rings (SSSR count). The molecule has 26 nitrogen and oxygen atoms in total. The van der Waals surface area contributed by atoms with Gasteiger partial charge in [-0.15, -0.1) is 27.1 Å². The number of hydrazine groups is 1. The Morgan fingerprint density at radius 1 is 0.614 bits per heavy atom. The van der Waals surface area contributed by atoms with Crippen molar-refractivity contribution in [1.82, 2.24) is 56.0 Å². The number of pyridine rings is 2. The van der Waals surface area contributed by atoms with Crippen molar-refractivity contribution >= 4 is 269 Å². The predicted molar refractivity (Wildman–Crippen MR) is 452 cm³/mol. The summed E-state index contributed by atoms with van der Waals surface area (Å²) >= 11 is 22.5. The van der Waals surface area contributed by atoms with Gasteiger partial charge in [0.1, 0.15) is 16.2 Å². The summed E-state index contributed by atoms with van der Waals surface area (Å²) in [5.41, 5.74) is 19.4. The molecule has 0 unspecified atom stereocenters. The number of nitriles is 1. The van der Waals surface area contributed by atoms with Crippen molar-refractivity contribution in [2.75, 3.05) is 35.9 Å². The number of fused-ring (bicyclic) bond motifs is 1. The van der Waals surface area contributed by atoms with Crippen LogP contribution in [0.3, 0.4) is 0 Å². The molecule has 6 heterocycles. The number of benzene rings is 4. The molecule has 0 saturated heterocycles. The van der Waals surface area contributed by atoms with Crippen LogP contribution in [0.4, 0.5) is 88.1 Å². The van der Waals surface area contributed by atoms with Crippen LogP contribution in [0.1, 0.15) is 46.7 Å². The van der Waals surface area contributed by atoms with Crippen molar-refractivity contribution in [3.63, 3.8) is 0 Å². The molecule has 608 valence electrons. The number of alkyl halides is 12. The second kappa shape index (κ2) is 60.9. The molecule has 0 fully saturated rings. The number of nitrogens with two attached hydrogens (primary N) is 4. The zero-order valence-corrected chi connectivity index (χ0v) is 81.4. The largest absolute Gasteiger partial charge is 1.00 e. The maximum atomic E-state index is 12.6. The molecule has 114 heavy (non-hydrogen) atoms. The molecule has 11 N–H and O–H groups in total. The molecule has 0 spiro atoms. The van der Waals surface area contributed by atoms with Crippen molar-refractivity contribution in [2.45, 2.75) is 38.6 Å². The van der Waals surface area contributed by atoms with E-state index in [2.05, 4.69) is 126 Å². The van der Waals surface area contributed by atoms with Gasteiger partial charge in [0.15, 0.2) is 0 Å². The van der Waals surface area contributed by atoms with Gasteiger partial charge in [-0.05, 0) is 129 Å². The number of nitrogens with one attached hydrogen (secondary N) is 3. The molecular weight excluding hydrogens is 2040 g/mol. The molecular formula is C53H45BrF12K2N18O8S20. The number of aromatic nitrogens is 10. The minimum absolute atomic E-state index is 0. The normalized spacial score (nSPS) is 10.1. The molecule has 6 aromatic heterocycles. The second-order valence-electron chi connectivity index (χ2n) is 18.0. The number of nitrogens with zero attached hydrogens (tertiary/aromatic N) is 11. The molecule has 0 radical (unpaired) electrons. The van der Waals surface area contributed by atoms with Gasteiger partial charge in [-0.2, -0.15) is 62.9 Å². The summed E-state index contributed by atoms with van der Waals surface area (Å²) in [6.07, 6.45) is -12.4. The first kappa shape index (κ1) is 111. The summed E-state index contributed by atoms with van der Waals surface area (Å²) in [4.78, 5) is 43.1. The summed E-state index contributed by atoms with van der Waals surface area (Å²) in [7, 11) is 25.1. The Labute approximate surface area is 798 Å². The average Bonchev–Trinajstić information content (AvgIpc) is 1.80. The fourth-order valence-electron chi connectivity index (χ4n) is 6.58. The van der Waals surface area contributed by atoms with E-state index in [1.54, 1.807) is 134 Å². The molecule has 61 heteroatoms. The van der Waals surface area contributed by atoms with Crippen LogP contribution in [0.25, 0.3) is 45.4 Å². The Morgan fingerprint density at radius 3 is 1.34 bits per heavy atom. The smallest absolute Gasteiger partial charge is 1.00 e. The monoisotopic (exact) mass is 2090 g/mol. The van der Waals surface area contributed by atoms with E-state index in [1.807, 2.05) is 18.6 Å². The fraction of sp³-hybridized carbons (Fsp3) is 0.151. The van der Waals surface area contributed by atoms with Gasteiger partial charge < -0.3 is 51.7 Å². The number of hydrogen-bond acceptors (Lipinski definition) is 29. The van der Waals surface area contributed by atoms with E-state index in [0.29, 0.717) is 45.4 Å². The van der Waals surface area contributed by atoms with Gasteiger partial charge in [-0.1, -0.05) is 15.3 Å². The maximum Gasteiger partial charge on any atom is 1.00 e. The van der Waals surface area contributed by atoms with Crippen molar-refractivity contribution in [3.8, 4) is 45.2 Å². The quantitative estimate of drug-likeness (QED) is 0.0108. The van der Waals surface area contributed by atoms with Crippen LogP contribution in [0.5, 0.6) is 5.88 Å². The number of thioether (sulfide) groups is 1. The number of aryl methyl sites for hydroxylation is 1. The van der Waals surface area contributed by atoms with Crippen LogP contribution in [-0.4, -0.2) is 81.3 Å². The Hall–Kier alpha value is -3.47. The summed E-state index contributed by atoms with van der Waals surface area (Å²) in [6.45, 7) is 3.44. The maximum absolute atomic E-state index is 12.6. The molecule has 0 aliphatic heterocycles. The van der Waals surface area contributed by atoms with Gasteiger partial charge in [-0.25, -0.2) is 15.8 Å². The SMILES string of the molecule is COc1nccc(N)c1N.CSC(C)=Nc1nnc(-c2ccc(C(F)(F)F)cc2)o1.Cc1nccc2[nH]c(Nc3nnc(-c4ccc(C(F)(F)F)cc4)o3)nc12.N#CBr.NNC(=O)c1ccc(C(F)(F)F)cc1.Nc1nnc(-c2ccc(C(F)(F)F)cc2)o1.O=CO[O-].S=S=S=S=S=S=S=S=S.S=S=S=S=S=S=S=S=S=S.[H-].[K+].[K+]. The number of nitrogen functional groups attached to an aromatic ring is 4. The van der Waals surface area contributed by atoms with Crippen molar-refractivity contribution in [1.29, 1.82) is 5.26 Å². The number of ether oxygens (including phenoxy) is 1. The van der Waals surface area contributed by atoms with E-state index < -0.39 is 52.9 Å². The summed E-state index contributed by atoms with van der Waals surface area (Å²) in [5.74, 6) is 5.26. The van der Waals surface area contributed by atoms with Crippen molar-refractivity contribution < 1.29 is 195 Å². The summed E-state index contributed by atoms with van der Waals surface area (Å²) < 4.78 is 169. The minimum Gasteiger partial charge on any atom is -1.00 e. The molecule has 0 saturated carbocycles. The average molecular weight is 2090 g/mol. The van der Waals surface area contributed by atoms with Crippen LogP contribution < -0.4 is 147 Å². The predicted octanol–water partition coefficient (Wildman–Crippen LogP) is 5.52. The van der Waals surface area contributed by atoms with Gasteiger partial charge in [-0.3, -0.25) is 25.3 Å².